The van der Waals surface area contributed by atoms with Crippen LogP contribution in [-0.2, 0) is 14.8 Å². The lowest BCUT2D eigenvalue weighted by atomic mass is 10.1. The van der Waals surface area contributed by atoms with Gasteiger partial charge in [-0.1, -0.05) is 24.6 Å². The van der Waals surface area contributed by atoms with Crippen LogP contribution in [0.4, 0.5) is 17.1 Å². The van der Waals surface area contributed by atoms with Gasteiger partial charge in [-0.2, -0.15) is 0 Å². The molecule has 34 heavy (non-hydrogen) atoms. The number of sulfonamides is 1. The summed E-state index contributed by atoms with van der Waals surface area (Å²) in [6, 6.07) is 16.0. The molecule has 1 fully saturated rings. The molecule has 10 heteroatoms. The number of benzene rings is 3. The number of carbonyl (C=O) groups excluding carboxylic acids is 2. The number of hydrogen-bond donors (Lipinski definition) is 4. The highest BCUT2D eigenvalue weighted by Crippen LogP contribution is 2.38. The molecule has 2 atom stereocenters. The Morgan fingerprint density at radius 2 is 1.68 bits per heavy atom. The third-order valence-corrected chi connectivity index (χ3v) is 7.08. The Hall–Kier alpha value is -3.56. The second-order valence-corrected chi connectivity index (χ2v) is 10.3. The van der Waals surface area contributed by atoms with Crippen LogP contribution in [0.15, 0.2) is 71.6 Å². The van der Waals surface area contributed by atoms with E-state index in [1.54, 1.807) is 30.3 Å². The molecule has 1 saturated carbocycles. The van der Waals surface area contributed by atoms with Crippen molar-refractivity contribution in [3.05, 3.63) is 77.3 Å². The van der Waals surface area contributed by atoms with E-state index in [2.05, 4.69) is 15.4 Å². The van der Waals surface area contributed by atoms with Gasteiger partial charge in [0.05, 0.1) is 16.3 Å². The minimum absolute atomic E-state index is 0.0304. The molecule has 2 amide bonds. The van der Waals surface area contributed by atoms with Gasteiger partial charge in [0, 0.05) is 22.2 Å². The van der Waals surface area contributed by atoms with E-state index in [-0.39, 0.29) is 39.4 Å². The zero-order valence-electron chi connectivity index (χ0n) is 18.1. The number of nitrogens with one attached hydrogen (secondary N) is 3. The Bertz CT molecular complexity index is 1360. The average Bonchev–Trinajstić information content (AvgIpc) is 3.52. The van der Waals surface area contributed by atoms with Crippen LogP contribution in [0, 0.1) is 11.8 Å². The Labute approximate surface area is 202 Å². The van der Waals surface area contributed by atoms with Gasteiger partial charge in [-0.15, -0.1) is 0 Å². The molecule has 0 aliphatic heterocycles. The summed E-state index contributed by atoms with van der Waals surface area (Å²) in [6.07, 6.45) is 0.874. The van der Waals surface area contributed by atoms with Gasteiger partial charge in [0.1, 0.15) is 5.75 Å². The van der Waals surface area contributed by atoms with Gasteiger partial charge in [-0.25, -0.2) is 8.42 Å². The number of phenols is 1. The van der Waals surface area contributed by atoms with E-state index < -0.39 is 15.9 Å². The van der Waals surface area contributed by atoms with Crippen molar-refractivity contribution in [2.75, 3.05) is 15.4 Å². The van der Waals surface area contributed by atoms with E-state index in [0.29, 0.717) is 16.6 Å². The predicted molar refractivity (Wildman–Crippen MR) is 131 cm³/mol. The van der Waals surface area contributed by atoms with Crippen molar-refractivity contribution in [3.63, 3.8) is 0 Å². The number of halogens is 1. The van der Waals surface area contributed by atoms with Crippen LogP contribution >= 0.6 is 11.6 Å². The van der Waals surface area contributed by atoms with Gasteiger partial charge in [-0.3, -0.25) is 14.3 Å². The first-order valence-corrected chi connectivity index (χ1v) is 12.3. The molecule has 3 aromatic carbocycles. The Morgan fingerprint density at radius 1 is 0.971 bits per heavy atom. The molecule has 1 aliphatic rings. The predicted octanol–water partition coefficient (Wildman–Crippen LogP) is 4.69. The molecule has 0 aromatic heterocycles. The van der Waals surface area contributed by atoms with Crippen molar-refractivity contribution in [2.24, 2.45) is 11.8 Å². The monoisotopic (exact) mass is 499 g/mol. The summed E-state index contributed by atoms with van der Waals surface area (Å²) in [7, 11) is -4.00. The Morgan fingerprint density at radius 3 is 2.32 bits per heavy atom. The van der Waals surface area contributed by atoms with E-state index in [0.717, 1.165) is 12.5 Å². The summed E-state index contributed by atoms with van der Waals surface area (Å²) in [5, 5.41) is 15.8. The minimum atomic E-state index is -4.00. The average molecular weight is 500 g/mol. The summed E-state index contributed by atoms with van der Waals surface area (Å²) < 4.78 is 27.9. The highest BCUT2D eigenvalue weighted by molar-refractivity contribution is 7.92. The highest BCUT2D eigenvalue weighted by Gasteiger charge is 2.39. The second kappa shape index (κ2) is 9.36. The number of carbonyl (C=O) groups is 2. The van der Waals surface area contributed by atoms with Gasteiger partial charge in [0.2, 0.25) is 5.91 Å². The normalized spacial score (nSPS) is 17.0. The van der Waals surface area contributed by atoms with E-state index in [1.807, 2.05) is 6.92 Å². The first kappa shape index (κ1) is 23.6. The van der Waals surface area contributed by atoms with Crippen LogP contribution < -0.4 is 15.4 Å². The van der Waals surface area contributed by atoms with E-state index in [1.165, 1.54) is 30.3 Å². The Balaban J connectivity index is 1.46. The van der Waals surface area contributed by atoms with Crippen LogP contribution in [0.1, 0.15) is 23.7 Å². The molecule has 176 valence electrons. The topological polar surface area (TPSA) is 125 Å². The zero-order valence-corrected chi connectivity index (χ0v) is 19.7. The quantitative estimate of drug-likeness (QED) is 0.351. The molecule has 0 spiro atoms. The molecule has 0 bridgehead atoms. The van der Waals surface area contributed by atoms with E-state index in [9.17, 15) is 23.1 Å². The number of amides is 2. The number of aromatic hydroxyl groups is 1. The van der Waals surface area contributed by atoms with Crippen LogP contribution in [0.5, 0.6) is 5.75 Å². The van der Waals surface area contributed by atoms with Crippen molar-refractivity contribution in [3.8, 4) is 5.75 Å². The Kier molecular flexibility index (Phi) is 6.49. The maximum Gasteiger partial charge on any atom is 0.261 e. The number of phenolic OH excluding ortho intramolecular Hbond substituents is 1. The fourth-order valence-corrected chi connectivity index (χ4v) is 4.64. The molecule has 4 N–H and O–H groups in total. The lowest BCUT2D eigenvalue weighted by Crippen LogP contribution is -2.16. The largest absolute Gasteiger partial charge is 0.506 e. The van der Waals surface area contributed by atoms with Crippen LogP contribution in [-0.4, -0.2) is 25.3 Å². The molecule has 0 heterocycles. The van der Waals surface area contributed by atoms with Gasteiger partial charge in [-0.05, 0) is 73.0 Å². The molecule has 2 unspecified atom stereocenters. The van der Waals surface area contributed by atoms with Gasteiger partial charge < -0.3 is 15.7 Å². The molecule has 4 rings (SSSR count). The maximum atomic E-state index is 12.7. The fraction of sp³-hybridized carbons (Fsp3) is 0.167. The molecule has 8 nitrogen and oxygen atoms in total. The summed E-state index contributed by atoms with van der Waals surface area (Å²) in [5.74, 6) is -0.473. The minimum Gasteiger partial charge on any atom is -0.506 e. The summed E-state index contributed by atoms with van der Waals surface area (Å²) in [5.41, 5.74) is 1.04. The van der Waals surface area contributed by atoms with Crippen LogP contribution in [0.3, 0.4) is 0 Å². The molecule has 3 aromatic rings. The van der Waals surface area contributed by atoms with Gasteiger partial charge in [0.15, 0.2) is 0 Å². The lowest BCUT2D eigenvalue weighted by Gasteiger charge is -2.12. The summed E-state index contributed by atoms with van der Waals surface area (Å²) in [4.78, 5) is 24.6. The summed E-state index contributed by atoms with van der Waals surface area (Å²) >= 11 is 5.90. The fourth-order valence-electron chi connectivity index (χ4n) is 3.37. The molecule has 0 saturated heterocycles. The lowest BCUT2D eigenvalue weighted by molar-refractivity contribution is -0.117. The van der Waals surface area contributed by atoms with E-state index >= 15 is 0 Å². The van der Waals surface area contributed by atoms with Crippen molar-refractivity contribution < 1.29 is 23.1 Å². The van der Waals surface area contributed by atoms with Crippen molar-refractivity contribution >= 4 is 50.5 Å². The smallest absolute Gasteiger partial charge is 0.261 e. The number of rotatable bonds is 7. The third-order valence-electron chi connectivity index (χ3n) is 5.46. The SMILES string of the molecule is CC1CC1C(=O)Nc1ccc(C(=O)Nc2cc(S(=O)(=O)Nc3cccc(Cl)c3)ccc2O)cc1. The van der Waals surface area contributed by atoms with Crippen LogP contribution in [0.25, 0.3) is 0 Å². The first-order chi connectivity index (χ1) is 16.1. The van der Waals surface area contributed by atoms with Crippen molar-refractivity contribution in [2.45, 2.75) is 18.2 Å². The third kappa shape index (κ3) is 5.49. The van der Waals surface area contributed by atoms with Crippen molar-refractivity contribution in [1.82, 2.24) is 0 Å². The van der Waals surface area contributed by atoms with Gasteiger partial charge in [0.25, 0.3) is 15.9 Å². The maximum absolute atomic E-state index is 12.7. The van der Waals surface area contributed by atoms with Crippen LogP contribution in [0.2, 0.25) is 5.02 Å². The van der Waals surface area contributed by atoms with Gasteiger partial charge >= 0.3 is 0 Å². The molecular weight excluding hydrogens is 478 g/mol. The zero-order chi connectivity index (χ0) is 24.5. The van der Waals surface area contributed by atoms with Crippen molar-refractivity contribution in [1.29, 1.82) is 0 Å². The molecule has 0 radical (unpaired) electrons. The number of anilines is 3. The number of hydrogen-bond acceptors (Lipinski definition) is 5. The molecular formula is C24H22ClN3O5S. The van der Waals surface area contributed by atoms with E-state index in [4.69, 9.17) is 11.6 Å². The highest BCUT2D eigenvalue weighted by atomic mass is 35.5. The standard InChI is InChI=1S/C24H22ClN3O5S/c1-14-11-20(14)24(31)26-17-7-5-15(6-8-17)23(30)27-21-13-19(9-10-22(21)29)34(32,33)28-18-4-2-3-16(25)12-18/h2-10,12-14,20,28-29H,11H2,1H3,(H,26,31)(H,27,30). The second-order valence-electron chi connectivity index (χ2n) is 8.14. The summed E-state index contributed by atoms with van der Waals surface area (Å²) in [6.45, 7) is 2.01. The first-order valence-electron chi connectivity index (χ1n) is 10.5. The molecule has 1 aliphatic carbocycles.